The highest BCUT2D eigenvalue weighted by Crippen LogP contribution is 2.32. The maximum absolute atomic E-state index is 12.3. The van der Waals surface area contributed by atoms with Crippen molar-refractivity contribution in [2.45, 2.75) is 40.2 Å². The van der Waals surface area contributed by atoms with Gasteiger partial charge in [-0.1, -0.05) is 6.92 Å². The first-order valence-electron chi connectivity index (χ1n) is 9.31. The quantitative estimate of drug-likeness (QED) is 0.593. The number of carbonyl (C=O) groups is 2. The van der Waals surface area contributed by atoms with Crippen LogP contribution in [0.4, 0.5) is 11.8 Å². The van der Waals surface area contributed by atoms with Crippen molar-refractivity contribution >= 4 is 34.7 Å². The fourth-order valence-corrected chi connectivity index (χ4v) is 3.01. The highest BCUT2D eigenvalue weighted by atomic mass is 16.7. The molecular formula is C19H24N6O4. The van der Waals surface area contributed by atoms with Crippen molar-refractivity contribution in [1.29, 1.82) is 0 Å². The van der Waals surface area contributed by atoms with Gasteiger partial charge in [-0.05, 0) is 32.4 Å². The Hall–Kier alpha value is -3.56. The zero-order chi connectivity index (χ0) is 21.1. The number of aryl methyl sites for hydroxylation is 2. The van der Waals surface area contributed by atoms with Gasteiger partial charge in [0.1, 0.15) is 17.1 Å². The second-order valence-corrected chi connectivity index (χ2v) is 6.43. The van der Waals surface area contributed by atoms with Crippen molar-refractivity contribution in [3.05, 3.63) is 29.5 Å². The largest absolute Gasteiger partial charge is 0.494 e. The molecule has 0 spiro atoms. The minimum atomic E-state index is -0.650. The zero-order valence-corrected chi connectivity index (χ0v) is 16.9. The van der Waals surface area contributed by atoms with Gasteiger partial charge in [0.05, 0.1) is 18.4 Å². The van der Waals surface area contributed by atoms with Crippen LogP contribution in [0.2, 0.25) is 0 Å². The molecule has 3 N–H and O–H groups in total. The summed E-state index contributed by atoms with van der Waals surface area (Å²) in [6.07, 6.45) is 0.850. The van der Waals surface area contributed by atoms with E-state index in [-0.39, 0.29) is 23.4 Å². The van der Waals surface area contributed by atoms with Gasteiger partial charge in [0.25, 0.3) is 5.91 Å². The van der Waals surface area contributed by atoms with Crippen LogP contribution in [-0.2, 0) is 11.3 Å². The third-order valence-corrected chi connectivity index (χ3v) is 4.30. The number of imidazole rings is 1. The summed E-state index contributed by atoms with van der Waals surface area (Å²) in [5.74, 6) is 0.151. The van der Waals surface area contributed by atoms with Crippen molar-refractivity contribution in [3.8, 4) is 5.75 Å². The number of aromatic nitrogens is 4. The number of anilines is 2. The lowest BCUT2D eigenvalue weighted by Crippen LogP contribution is -2.21. The Kier molecular flexibility index (Phi) is 5.71. The fourth-order valence-electron chi connectivity index (χ4n) is 3.01. The van der Waals surface area contributed by atoms with E-state index in [2.05, 4.69) is 15.4 Å². The third kappa shape index (κ3) is 3.86. The van der Waals surface area contributed by atoms with Gasteiger partial charge in [0.15, 0.2) is 5.52 Å². The van der Waals surface area contributed by atoms with Gasteiger partial charge in [-0.2, -0.15) is 5.10 Å². The van der Waals surface area contributed by atoms with E-state index in [0.29, 0.717) is 30.0 Å². The molecule has 0 saturated heterocycles. The second kappa shape index (κ2) is 8.21. The van der Waals surface area contributed by atoms with Crippen LogP contribution >= 0.6 is 0 Å². The molecule has 0 aliphatic heterocycles. The average molecular weight is 400 g/mol. The molecule has 0 unspecified atom stereocenters. The molecule has 154 valence electrons. The number of rotatable bonds is 8. The lowest BCUT2D eigenvalue weighted by Gasteiger charge is -2.12. The molecule has 10 heteroatoms. The molecule has 2 aromatic heterocycles. The molecule has 1 amide bonds. The number of hydrogen-bond acceptors (Lipinski definition) is 7. The number of hydrogen-bond donors (Lipinski definition) is 2. The topological polar surface area (TPSA) is 126 Å². The Morgan fingerprint density at radius 1 is 1.28 bits per heavy atom. The normalized spacial score (nSPS) is 10.9. The number of benzene rings is 1. The van der Waals surface area contributed by atoms with Crippen LogP contribution in [-0.4, -0.2) is 38.5 Å². The van der Waals surface area contributed by atoms with Crippen LogP contribution in [0.5, 0.6) is 5.75 Å². The van der Waals surface area contributed by atoms with Crippen molar-refractivity contribution in [3.63, 3.8) is 0 Å². The summed E-state index contributed by atoms with van der Waals surface area (Å²) in [6, 6.07) is 4.95. The molecular weight excluding hydrogens is 376 g/mol. The number of primary amides is 1. The Bertz CT molecular complexity index is 1070. The summed E-state index contributed by atoms with van der Waals surface area (Å²) < 4.78 is 8.39. The first-order valence-corrected chi connectivity index (χ1v) is 9.31. The predicted molar refractivity (Wildman–Crippen MR) is 107 cm³/mol. The van der Waals surface area contributed by atoms with Crippen molar-refractivity contribution in [2.24, 2.45) is 5.73 Å². The standard InChI is InChI=1S/C19H24N6O4/c1-5-7-15(26)29-25-17-13(28-4)9-8-12(18(20)27)16(17)22-19(25)21-14-10-11(3)23-24(14)6-2/h8-10H,5-7H2,1-4H3,(H2,20,27)(H,21,22). The molecule has 3 rings (SSSR count). The zero-order valence-electron chi connectivity index (χ0n) is 16.9. The first-order chi connectivity index (χ1) is 13.9. The second-order valence-electron chi connectivity index (χ2n) is 6.43. The monoisotopic (exact) mass is 400 g/mol. The van der Waals surface area contributed by atoms with Gasteiger partial charge in [-0.25, -0.2) is 14.5 Å². The summed E-state index contributed by atoms with van der Waals surface area (Å²) in [6.45, 7) is 6.33. The van der Waals surface area contributed by atoms with Crippen molar-refractivity contribution in [2.75, 3.05) is 12.4 Å². The lowest BCUT2D eigenvalue weighted by atomic mass is 10.1. The van der Waals surface area contributed by atoms with Crippen LogP contribution in [0.25, 0.3) is 11.0 Å². The van der Waals surface area contributed by atoms with Crippen LogP contribution in [0.3, 0.4) is 0 Å². The summed E-state index contributed by atoms with van der Waals surface area (Å²) in [4.78, 5) is 34.2. The van der Waals surface area contributed by atoms with E-state index in [1.54, 1.807) is 10.7 Å². The third-order valence-electron chi connectivity index (χ3n) is 4.30. The smallest absolute Gasteiger partial charge is 0.333 e. The number of amides is 1. The number of nitrogens with zero attached hydrogens (tertiary/aromatic N) is 4. The Labute approximate surface area is 167 Å². The summed E-state index contributed by atoms with van der Waals surface area (Å²) >= 11 is 0. The molecule has 3 aromatic rings. The number of carbonyl (C=O) groups excluding carboxylic acids is 2. The highest BCUT2D eigenvalue weighted by Gasteiger charge is 2.23. The van der Waals surface area contributed by atoms with Gasteiger partial charge in [-0.15, -0.1) is 4.73 Å². The fraction of sp³-hybridized carbons (Fsp3) is 0.368. The van der Waals surface area contributed by atoms with Gasteiger partial charge in [0, 0.05) is 19.0 Å². The van der Waals surface area contributed by atoms with Gasteiger partial charge < -0.3 is 20.6 Å². The Morgan fingerprint density at radius 3 is 2.66 bits per heavy atom. The van der Waals surface area contributed by atoms with E-state index in [9.17, 15) is 9.59 Å². The number of nitrogens with one attached hydrogen (secondary N) is 1. The molecule has 0 aliphatic rings. The van der Waals surface area contributed by atoms with E-state index in [0.717, 1.165) is 5.69 Å². The highest BCUT2D eigenvalue weighted by molar-refractivity contribution is 6.06. The first kappa shape index (κ1) is 20.2. The molecule has 0 atom stereocenters. The molecule has 29 heavy (non-hydrogen) atoms. The maximum Gasteiger partial charge on any atom is 0.333 e. The molecule has 0 radical (unpaired) electrons. The van der Waals surface area contributed by atoms with Crippen molar-refractivity contribution < 1.29 is 19.2 Å². The van der Waals surface area contributed by atoms with Crippen LogP contribution in [0, 0.1) is 6.92 Å². The van der Waals surface area contributed by atoms with Gasteiger partial charge >= 0.3 is 5.97 Å². The number of methoxy groups -OCH3 is 1. The molecule has 0 aliphatic carbocycles. The number of ether oxygens (including phenoxy) is 1. The molecule has 0 fully saturated rings. The number of nitrogens with two attached hydrogens (primary N) is 1. The van der Waals surface area contributed by atoms with Gasteiger partial charge in [-0.3, -0.25) is 4.79 Å². The van der Waals surface area contributed by atoms with Crippen LogP contribution in [0.1, 0.15) is 42.7 Å². The number of fused-ring (bicyclic) bond motifs is 1. The minimum absolute atomic E-state index is 0.189. The van der Waals surface area contributed by atoms with E-state index < -0.39 is 11.9 Å². The Morgan fingerprint density at radius 2 is 2.03 bits per heavy atom. The average Bonchev–Trinajstić information content (AvgIpc) is 3.21. The van der Waals surface area contributed by atoms with Gasteiger partial charge in [0.2, 0.25) is 5.95 Å². The van der Waals surface area contributed by atoms with E-state index >= 15 is 0 Å². The molecule has 0 bridgehead atoms. The molecule has 0 saturated carbocycles. The predicted octanol–water partition coefficient (Wildman–Crippen LogP) is 2.17. The summed E-state index contributed by atoms with van der Waals surface area (Å²) in [5.41, 5.74) is 7.11. The maximum atomic E-state index is 12.3. The van der Waals surface area contributed by atoms with Crippen LogP contribution < -0.4 is 20.6 Å². The molecule has 1 aromatic carbocycles. The lowest BCUT2D eigenvalue weighted by molar-refractivity contribution is -0.143. The van der Waals surface area contributed by atoms with E-state index in [4.69, 9.17) is 15.3 Å². The van der Waals surface area contributed by atoms with E-state index in [1.807, 2.05) is 26.8 Å². The molecule has 2 heterocycles. The van der Waals surface area contributed by atoms with E-state index in [1.165, 1.54) is 17.9 Å². The Balaban J connectivity index is 2.22. The summed E-state index contributed by atoms with van der Waals surface area (Å²) in [5, 5.41) is 7.52. The SMILES string of the molecule is CCCC(=O)On1c(Nc2cc(C)nn2CC)nc2c(C(N)=O)ccc(OC)c21. The van der Waals surface area contributed by atoms with Crippen LogP contribution in [0.15, 0.2) is 18.2 Å². The minimum Gasteiger partial charge on any atom is -0.494 e. The molecule has 10 nitrogen and oxygen atoms in total. The summed E-state index contributed by atoms with van der Waals surface area (Å²) in [7, 11) is 1.48. The van der Waals surface area contributed by atoms with Crippen molar-refractivity contribution in [1.82, 2.24) is 19.5 Å².